The van der Waals surface area contributed by atoms with Gasteiger partial charge in [0.05, 0.1) is 4.47 Å². The van der Waals surface area contributed by atoms with Gasteiger partial charge < -0.3 is 10.1 Å². The molecule has 17 heavy (non-hydrogen) atoms. The highest BCUT2D eigenvalue weighted by atomic mass is 79.9. The van der Waals surface area contributed by atoms with Gasteiger partial charge in [-0.15, -0.1) is 0 Å². The molecular weight excluding hydrogens is 346 g/mol. The molecular formula is C13H11Br2NO. The number of fused-ring (bicyclic) bond motifs is 1. The number of hydrogen-bond donors (Lipinski definition) is 1. The van der Waals surface area contributed by atoms with Crippen molar-refractivity contribution in [2.45, 2.75) is 6.10 Å². The van der Waals surface area contributed by atoms with Crippen LogP contribution in [0, 0.1) is 0 Å². The zero-order chi connectivity index (χ0) is 11.8. The van der Waals surface area contributed by atoms with Crippen LogP contribution in [0.15, 0.2) is 39.3 Å². The molecule has 0 radical (unpaired) electrons. The molecule has 0 aliphatic carbocycles. The van der Waals surface area contributed by atoms with Crippen LogP contribution in [0.3, 0.4) is 0 Å². The van der Waals surface area contributed by atoms with Gasteiger partial charge in [0, 0.05) is 17.6 Å². The molecule has 0 bridgehead atoms. The highest BCUT2D eigenvalue weighted by molar-refractivity contribution is 9.11. The minimum absolute atomic E-state index is 0.305. The minimum atomic E-state index is 0.305. The van der Waals surface area contributed by atoms with E-state index in [0.717, 1.165) is 27.8 Å². The molecule has 2 nitrogen and oxygen atoms in total. The third-order valence-corrected chi connectivity index (χ3v) is 4.23. The molecule has 0 spiro atoms. The Kier molecular flexibility index (Phi) is 3.11. The number of hydrogen-bond acceptors (Lipinski definition) is 2. The summed E-state index contributed by atoms with van der Waals surface area (Å²) in [6, 6.07) is 10.4. The first-order valence-corrected chi connectivity index (χ1v) is 7.08. The molecule has 1 N–H and O–H groups in total. The third kappa shape index (κ3) is 2.21. The maximum atomic E-state index is 5.90. The minimum Gasteiger partial charge on any atom is -0.487 e. The lowest BCUT2D eigenvalue weighted by molar-refractivity contribution is 0.141. The highest BCUT2D eigenvalue weighted by Gasteiger charge is 2.19. The van der Waals surface area contributed by atoms with Gasteiger partial charge in [0.25, 0.3) is 0 Å². The monoisotopic (exact) mass is 355 g/mol. The summed E-state index contributed by atoms with van der Waals surface area (Å²) in [5, 5.41) is 5.58. The summed E-state index contributed by atoms with van der Waals surface area (Å²) in [6.07, 6.45) is 0.305. The number of nitrogens with one attached hydrogen (secondary N) is 1. The highest BCUT2D eigenvalue weighted by Crippen LogP contribution is 2.35. The maximum Gasteiger partial charge on any atom is 0.134 e. The fourth-order valence-electron chi connectivity index (χ4n) is 1.86. The van der Waals surface area contributed by atoms with Crippen LogP contribution >= 0.6 is 31.9 Å². The van der Waals surface area contributed by atoms with E-state index in [-0.39, 0.29) is 0 Å². The summed E-state index contributed by atoms with van der Waals surface area (Å²) in [4.78, 5) is 0. The van der Waals surface area contributed by atoms with Crippen LogP contribution in [0.2, 0.25) is 0 Å². The largest absolute Gasteiger partial charge is 0.487 e. The second-order valence-corrected chi connectivity index (χ2v) is 5.85. The van der Waals surface area contributed by atoms with Crippen molar-refractivity contribution >= 4 is 42.6 Å². The molecule has 88 valence electrons. The predicted molar refractivity (Wildman–Crippen MR) is 76.6 cm³/mol. The second kappa shape index (κ2) is 4.59. The van der Waals surface area contributed by atoms with Gasteiger partial charge in [-0.05, 0) is 44.9 Å². The van der Waals surface area contributed by atoms with Gasteiger partial charge in [-0.25, -0.2) is 0 Å². The topological polar surface area (TPSA) is 21.3 Å². The van der Waals surface area contributed by atoms with Gasteiger partial charge in [-0.1, -0.05) is 28.1 Å². The van der Waals surface area contributed by atoms with Gasteiger partial charge in [0.15, 0.2) is 0 Å². The van der Waals surface area contributed by atoms with E-state index >= 15 is 0 Å². The van der Waals surface area contributed by atoms with Crippen molar-refractivity contribution in [2.24, 2.45) is 0 Å². The van der Waals surface area contributed by atoms with E-state index in [0.29, 0.717) is 6.10 Å². The normalized spacial score (nSPS) is 15.9. The quantitative estimate of drug-likeness (QED) is 0.885. The molecule has 2 aromatic rings. The molecule has 0 saturated carbocycles. The Morgan fingerprint density at radius 3 is 2.65 bits per heavy atom. The molecule has 2 aromatic carbocycles. The van der Waals surface area contributed by atoms with Crippen molar-refractivity contribution < 1.29 is 4.74 Å². The summed E-state index contributed by atoms with van der Waals surface area (Å²) in [5.74, 6) is 0.923. The van der Waals surface area contributed by atoms with Gasteiger partial charge in [-0.3, -0.25) is 0 Å². The summed E-state index contributed by atoms with van der Waals surface area (Å²) >= 11 is 7.11. The van der Waals surface area contributed by atoms with Crippen LogP contribution in [0.25, 0.3) is 10.8 Å². The first kappa shape index (κ1) is 11.5. The predicted octanol–water partition coefficient (Wildman–Crippen LogP) is 3.72. The third-order valence-electron chi connectivity index (χ3n) is 2.92. The van der Waals surface area contributed by atoms with Crippen LogP contribution in [-0.2, 0) is 0 Å². The van der Waals surface area contributed by atoms with Crippen LogP contribution in [0.4, 0.5) is 0 Å². The van der Waals surface area contributed by atoms with Crippen molar-refractivity contribution in [1.29, 1.82) is 0 Å². The van der Waals surface area contributed by atoms with E-state index in [1.807, 2.05) is 12.1 Å². The van der Waals surface area contributed by atoms with E-state index in [4.69, 9.17) is 4.74 Å². The first-order chi connectivity index (χ1) is 8.24. The fraction of sp³-hybridized carbons (Fsp3) is 0.231. The molecule has 0 amide bonds. The second-order valence-electron chi connectivity index (χ2n) is 4.14. The summed E-state index contributed by atoms with van der Waals surface area (Å²) in [6.45, 7) is 1.87. The van der Waals surface area contributed by atoms with Crippen molar-refractivity contribution in [3.05, 3.63) is 39.3 Å². The van der Waals surface area contributed by atoms with Crippen LogP contribution in [0.1, 0.15) is 0 Å². The van der Waals surface area contributed by atoms with E-state index < -0.39 is 0 Å². The number of halogens is 2. The molecule has 1 saturated heterocycles. The Labute approximate surface area is 117 Å². The zero-order valence-electron chi connectivity index (χ0n) is 9.04. The Morgan fingerprint density at radius 2 is 1.94 bits per heavy atom. The first-order valence-electron chi connectivity index (χ1n) is 5.49. The van der Waals surface area contributed by atoms with Crippen molar-refractivity contribution in [2.75, 3.05) is 13.1 Å². The van der Waals surface area contributed by atoms with Gasteiger partial charge in [0.1, 0.15) is 11.9 Å². The summed E-state index contributed by atoms with van der Waals surface area (Å²) in [7, 11) is 0. The van der Waals surface area contributed by atoms with Crippen LogP contribution < -0.4 is 10.1 Å². The number of rotatable bonds is 2. The van der Waals surface area contributed by atoms with E-state index in [2.05, 4.69) is 55.4 Å². The SMILES string of the molecule is Brc1ccc2c(Br)c(OC3CNC3)ccc2c1. The molecule has 4 heteroatoms. The van der Waals surface area contributed by atoms with Crippen molar-refractivity contribution in [3.63, 3.8) is 0 Å². The molecule has 1 aliphatic heterocycles. The van der Waals surface area contributed by atoms with Crippen molar-refractivity contribution in [3.8, 4) is 5.75 Å². The lowest BCUT2D eigenvalue weighted by Gasteiger charge is -2.28. The van der Waals surface area contributed by atoms with Gasteiger partial charge in [-0.2, -0.15) is 0 Å². The Morgan fingerprint density at radius 1 is 1.12 bits per heavy atom. The summed E-state index contributed by atoms with van der Waals surface area (Å²) < 4.78 is 8.03. The lowest BCUT2D eigenvalue weighted by Crippen LogP contribution is -2.50. The lowest BCUT2D eigenvalue weighted by atomic mass is 10.1. The maximum absolute atomic E-state index is 5.90. The summed E-state index contributed by atoms with van der Waals surface area (Å²) in [5.41, 5.74) is 0. The molecule has 1 heterocycles. The average Bonchev–Trinajstić information content (AvgIpc) is 2.25. The average molecular weight is 357 g/mol. The molecule has 3 rings (SSSR count). The Balaban J connectivity index is 2.02. The van der Waals surface area contributed by atoms with E-state index in [1.165, 1.54) is 10.8 Å². The Hall–Kier alpha value is -0.580. The van der Waals surface area contributed by atoms with Crippen LogP contribution in [0.5, 0.6) is 5.75 Å². The van der Waals surface area contributed by atoms with Gasteiger partial charge >= 0.3 is 0 Å². The molecule has 0 unspecified atom stereocenters. The van der Waals surface area contributed by atoms with Gasteiger partial charge in [0.2, 0.25) is 0 Å². The van der Waals surface area contributed by atoms with E-state index in [9.17, 15) is 0 Å². The van der Waals surface area contributed by atoms with Crippen LogP contribution in [-0.4, -0.2) is 19.2 Å². The zero-order valence-corrected chi connectivity index (χ0v) is 12.2. The van der Waals surface area contributed by atoms with Crippen molar-refractivity contribution in [1.82, 2.24) is 5.32 Å². The number of ether oxygens (including phenoxy) is 1. The standard InChI is InChI=1S/C13H11Br2NO/c14-9-2-3-11-8(5-9)1-4-12(13(11)15)17-10-6-16-7-10/h1-5,10,16H,6-7H2. The Bertz CT molecular complexity index is 567. The molecule has 0 aromatic heterocycles. The van der Waals surface area contributed by atoms with E-state index in [1.54, 1.807) is 0 Å². The molecule has 1 fully saturated rings. The fourth-order valence-corrected chi connectivity index (χ4v) is 2.82. The molecule has 1 aliphatic rings. The number of benzene rings is 2. The smallest absolute Gasteiger partial charge is 0.134 e. The molecule has 0 atom stereocenters.